The topological polar surface area (TPSA) is 37.3 Å². The highest BCUT2D eigenvalue weighted by Crippen LogP contribution is 2.41. The summed E-state index contributed by atoms with van der Waals surface area (Å²) in [6, 6.07) is 0. The molecule has 0 heterocycles. The molecule has 0 radical (unpaired) electrons. The number of carbonyl (C=O) groups is 1. The number of hydrogen-bond acceptors (Lipinski definition) is 1. The molecule has 1 aliphatic rings. The van der Waals surface area contributed by atoms with E-state index >= 15 is 0 Å². The lowest BCUT2D eigenvalue weighted by Crippen LogP contribution is -2.17. The van der Waals surface area contributed by atoms with Crippen LogP contribution < -0.4 is 0 Å². The van der Waals surface area contributed by atoms with Crippen LogP contribution in [0.3, 0.4) is 0 Å². The third-order valence-corrected chi connectivity index (χ3v) is 2.54. The van der Waals surface area contributed by atoms with Gasteiger partial charge in [0.25, 0.3) is 0 Å². The summed E-state index contributed by atoms with van der Waals surface area (Å²) in [5.74, 6) is -0.702. The number of hydrogen-bond donors (Lipinski definition) is 1. The zero-order valence-electron chi connectivity index (χ0n) is 6.68. The van der Waals surface area contributed by atoms with Gasteiger partial charge in [0.05, 0.1) is 6.42 Å². The molecule has 11 heavy (non-hydrogen) atoms. The van der Waals surface area contributed by atoms with Gasteiger partial charge in [0.15, 0.2) is 0 Å². The smallest absolute Gasteiger partial charge is 0.304 e. The van der Waals surface area contributed by atoms with Gasteiger partial charge >= 0.3 is 5.97 Å². The van der Waals surface area contributed by atoms with Crippen molar-refractivity contribution in [3.05, 3.63) is 12.7 Å². The number of carboxylic acid groups (broad SMARTS) is 1. The van der Waals surface area contributed by atoms with Gasteiger partial charge in [-0.15, -0.1) is 6.58 Å². The van der Waals surface area contributed by atoms with Gasteiger partial charge in [-0.2, -0.15) is 0 Å². The number of rotatable bonds is 3. The number of carboxylic acids is 1. The lowest BCUT2D eigenvalue weighted by Gasteiger charge is -2.21. The molecule has 62 valence electrons. The Morgan fingerprint density at radius 2 is 2.09 bits per heavy atom. The van der Waals surface area contributed by atoms with E-state index in [2.05, 4.69) is 6.58 Å². The van der Waals surface area contributed by atoms with Crippen molar-refractivity contribution in [2.24, 2.45) is 5.41 Å². The van der Waals surface area contributed by atoms with Crippen LogP contribution in [0.2, 0.25) is 0 Å². The van der Waals surface area contributed by atoms with Crippen molar-refractivity contribution in [3.8, 4) is 0 Å². The fourth-order valence-corrected chi connectivity index (χ4v) is 1.83. The molecular formula is C9H14O2. The van der Waals surface area contributed by atoms with E-state index in [0.29, 0.717) is 0 Å². The van der Waals surface area contributed by atoms with Gasteiger partial charge < -0.3 is 5.11 Å². The fourth-order valence-electron chi connectivity index (χ4n) is 1.83. The molecular weight excluding hydrogens is 140 g/mol. The fraction of sp³-hybridized carbons (Fsp3) is 0.667. The van der Waals surface area contributed by atoms with E-state index in [4.69, 9.17) is 5.11 Å². The molecule has 0 saturated heterocycles. The number of allylic oxidation sites excluding steroid dienone is 1. The van der Waals surface area contributed by atoms with Crippen LogP contribution in [-0.2, 0) is 4.79 Å². The van der Waals surface area contributed by atoms with Crippen LogP contribution in [0, 0.1) is 5.41 Å². The maximum atomic E-state index is 10.5. The SMILES string of the molecule is C=CC1(CC(=O)O)CCCC1. The van der Waals surface area contributed by atoms with Crippen molar-refractivity contribution in [1.82, 2.24) is 0 Å². The predicted octanol–water partition coefficient (Wildman–Crippen LogP) is 2.21. The van der Waals surface area contributed by atoms with Gasteiger partial charge in [-0.1, -0.05) is 18.9 Å². The molecule has 1 fully saturated rings. The summed E-state index contributed by atoms with van der Waals surface area (Å²) in [5, 5.41) is 8.62. The summed E-state index contributed by atoms with van der Waals surface area (Å²) in [5.41, 5.74) is -0.0775. The molecule has 0 aromatic rings. The summed E-state index contributed by atoms with van der Waals surface area (Å²) in [4.78, 5) is 10.5. The Morgan fingerprint density at radius 1 is 1.55 bits per heavy atom. The molecule has 1 saturated carbocycles. The highest BCUT2D eigenvalue weighted by Gasteiger charge is 2.32. The van der Waals surface area contributed by atoms with Gasteiger partial charge in [0.1, 0.15) is 0 Å². The quantitative estimate of drug-likeness (QED) is 0.633. The normalized spacial score (nSPS) is 21.5. The molecule has 0 aromatic heterocycles. The predicted molar refractivity (Wildman–Crippen MR) is 43.4 cm³/mol. The minimum atomic E-state index is -0.702. The van der Waals surface area contributed by atoms with Crippen molar-refractivity contribution in [3.63, 3.8) is 0 Å². The Labute approximate surface area is 66.9 Å². The zero-order chi connectivity index (χ0) is 8.32. The van der Waals surface area contributed by atoms with E-state index in [9.17, 15) is 4.79 Å². The highest BCUT2D eigenvalue weighted by molar-refractivity contribution is 5.68. The van der Waals surface area contributed by atoms with Crippen LogP contribution >= 0.6 is 0 Å². The Kier molecular flexibility index (Phi) is 2.32. The largest absolute Gasteiger partial charge is 0.481 e. The molecule has 0 unspecified atom stereocenters. The van der Waals surface area contributed by atoms with E-state index < -0.39 is 5.97 Å². The Balaban J connectivity index is 2.59. The van der Waals surface area contributed by atoms with Crippen LogP contribution in [0.4, 0.5) is 0 Å². The Hall–Kier alpha value is -0.790. The summed E-state index contributed by atoms with van der Waals surface area (Å²) in [6.07, 6.45) is 6.40. The van der Waals surface area contributed by atoms with E-state index in [1.54, 1.807) is 0 Å². The third kappa shape index (κ3) is 1.82. The Bertz CT molecular complexity index is 166. The average molecular weight is 154 g/mol. The van der Waals surface area contributed by atoms with Gasteiger partial charge in [-0.3, -0.25) is 4.79 Å². The van der Waals surface area contributed by atoms with E-state index in [1.165, 1.54) is 0 Å². The number of aliphatic carboxylic acids is 1. The highest BCUT2D eigenvalue weighted by atomic mass is 16.4. The molecule has 0 bridgehead atoms. The third-order valence-electron chi connectivity index (χ3n) is 2.54. The lowest BCUT2D eigenvalue weighted by molar-refractivity contribution is -0.139. The first-order valence-electron chi connectivity index (χ1n) is 4.04. The van der Waals surface area contributed by atoms with Crippen molar-refractivity contribution in [1.29, 1.82) is 0 Å². The minimum absolute atomic E-state index is 0.0775. The first-order valence-corrected chi connectivity index (χ1v) is 4.04. The summed E-state index contributed by atoms with van der Waals surface area (Å²) in [7, 11) is 0. The van der Waals surface area contributed by atoms with Crippen LogP contribution in [0.15, 0.2) is 12.7 Å². The molecule has 2 nitrogen and oxygen atoms in total. The molecule has 0 spiro atoms. The van der Waals surface area contributed by atoms with Crippen molar-refractivity contribution in [2.75, 3.05) is 0 Å². The first kappa shape index (κ1) is 8.31. The van der Waals surface area contributed by atoms with Crippen LogP contribution in [0.1, 0.15) is 32.1 Å². The molecule has 1 N–H and O–H groups in total. The maximum Gasteiger partial charge on any atom is 0.304 e. The molecule has 0 atom stereocenters. The second kappa shape index (κ2) is 3.07. The standard InChI is InChI=1S/C9H14O2/c1-2-9(7-8(10)11)5-3-4-6-9/h2H,1,3-7H2,(H,10,11). The van der Waals surface area contributed by atoms with Crippen molar-refractivity contribution in [2.45, 2.75) is 32.1 Å². The molecule has 0 aliphatic heterocycles. The van der Waals surface area contributed by atoms with E-state index in [-0.39, 0.29) is 11.8 Å². The molecule has 1 aliphatic carbocycles. The first-order chi connectivity index (χ1) is 5.18. The van der Waals surface area contributed by atoms with Gasteiger partial charge in [0, 0.05) is 0 Å². The summed E-state index contributed by atoms with van der Waals surface area (Å²) in [6.45, 7) is 3.70. The lowest BCUT2D eigenvalue weighted by atomic mass is 9.83. The zero-order valence-corrected chi connectivity index (χ0v) is 6.68. The van der Waals surface area contributed by atoms with E-state index in [1.807, 2.05) is 6.08 Å². The monoisotopic (exact) mass is 154 g/mol. The van der Waals surface area contributed by atoms with Crippen LogP contribution in [0.5, 0.6) is 0 Å². The van der Waals surface area contributed by atoms with Crippen molar-refractivity contribution < 1.29 is 9.90 Å². The van der Waals surface area contributed by atoms with Crippen LogP contribution in [-0.4, -0.2) is 11.1 Å². The molecule has 1 rings (SSSR count). The minimum Gasteiger partial charge on any atom is -0.481 e. The molecule has 0 amide bonds. The van der Waals surface area contributed by atoms with Gasteiger partial charge in [-0.25, -0.2) is 0 Å². The second-order valence-corrected chi connectivity index (χ2v) is 3.34. The van der Waals surface area contributed by atoms with Crippen molar-refractivity contribution >= 4 is 5.97 Å². The van der Waals surface area contributed by atoms with Gasteiger partial charge in [-0.05, 0) is 18.3 Å². The average Bonchev–Trinajstić information content (AvgIpc) is 2.36. The second-order valence-electron chi connectivity index (χ2n) is 3.34. The van der Waals surface area contributed by atoms with E-state index in [0.717, 1.165) is 25.7 Å². The van der Waals surface area contributed by atoms with Gasteiger partial charge in [0.2, 0.25) is 0 Å². The molecule has 2 heteroatoms. The molecule has 0 aromatic carbocycles. The summed E-state index contributed by atoms with van der Waals surface area (Å²) < 4.78 is 0. The summed E-state index contributed by atoms with van der Waals surface area (Å²) >= 11 is 0. The van der Waals surface area contributed by atoms with Crippen LogP contribution in [0.25, 0.3) is 0 Å². The maximum absolute atomic E-state index is 10.5. The Morgan fingerprint density at radius 3 is 2.45 bits per heavy atom.